The number of aromatic nitrogens is 1. The maximum atomic E-state index is 13.1. The quantitative estimate of drug-likeness (QED) is 0.897. The average Bonchev–Trinajstić information content (AvgIpc) is 2.59. The lowest BCUT2D eigenvalue weighted by molar-refractivity contribution is 0.0767. The van der Waals surface area contributed by atoms with Crippen LogP contribution in [0.2, 0.25) is 5.02 Å². The van der Waals surface area contributed by atoms with E-state index in [0.29, 0.717) is 18.8 Å². The van der Waals surface area contributed by atoms with Gasteiger partial charge in [0.25, 0.3) is 11.8 Å². The third-order valence-electron chi connectivity index (χ3n) is 3.47. The van der Waals surface area contributed by atoms with Crippen molar-refractivity contribution >= 4 is 29.1 Å². The number of carbonyl (C=O) groups excluding carboxylic acids is 2. The van der Waals surface area contributed by atoms with E-state index in [9.17, 15) is 14.0 Å². The zero-order chi connectivity index (χ0) is 17.7. The molecule has 2 aromatic rings. The summed E-state index contributed by atoms with van der Waals surface area (Å²) in [5.74, 6) is -1.24. The number of pyridine rings is 1. The zero-order valence-electron chi connectivity index (χ0n) is 13.3. The molecule has 0 saturated carbocycles. The van der Waals surface area contributed by atoms with E-state index in [1.165, 1.54) is 36.5 Å². The first-order valence-electron chi connectivity index (χ1n) is 7.48. The normalized spacial score (nSPS) is 10.3. The Kier molecular flexibility index (Phi) is 5.87. The highest BCUT2D eigenvalue weighted by Crippen LogP contribution is 2.20. The Bertz CT molecular complexity index is 763. The molecule has 5 nitrogen and oxygen atoms in total. The Hall–Kier alpha value is -2.47. The maximum Gasteiger partial charge on any atom is 0.272 e. The van der Waals surface area contributed by atoms with Crippen LogP contribution in [0.25, 0.3) is 0 Å². The van der Waals surface area contributed by atoms with E-state index in [4.69, 9.17) is 11.6 Å². The van der Waals surface area contributed by atoms with Gasteiger partial charge in [-0.2, -0.15) is 0 Å². The number of benzene rings is 1. The summed E-state index contributed by atoms with van der Waals surface area (Å²) in [6.07, 6.45) is 1.41. The predicted octanol–water partition coefficient (Wildman–Crippen LogP) is 3.61. The van der Waals surface area contributed by atoms with Crippen molar-refractivity contribution in [1.82, 2.24) is 9.88 Å². The minimum absolute atomic E-state index is 0.0834. The molecule has 0 atom stereocenters. The zero-order valence-corrected chi connectivity index (χ0v) is 14.1. The molecule has 0 aliphatic heterocycles. The van der Waals surface area contributed by atoms with Gasteiger partial charge in [-0.05, 0) is 44.2 Å². The Morgan fingerprint density at radius 2 is 1.92 bits per heavy atom. The second kappa shape index (κ2) is 7.88. The van der Waals surface area contributed by atoms with Crippen molar-refractivity contribution in [3.8, 4) is 0 Å². The van der Waals surface area contributed by atoms with Crippen molar-refractivity contribution in [2.45, 2.75) is 13.8 Å². The summed E-state index contributed by atoms with van der Waals surface area (Å²) < 4.78 is 13.1. The molecule has 2 rings (SSSR count). The van der Waals surface area contributed by atoms with Crippen LogP contribution in [0, 0.1) is 5.82 Å². The van der Waals surface area contributed by atoms with Crippen LogP contribution in [-0.4, -0.2) is 34.8 Å². The molecule has 0 spiro atoms. The molecule has 0 aliphatic carbocycles. The van der Waals surface area contributed by atoms with Crippen molar-refractivity contribution in [1.29, 1.82) is 0 Å². The predicted molar refractivity (Wildman–Crippen MR) is 90.9 cm³/mol. The number of anilines is 1. The fourth-order valence-electron chi connectivity index (χ4n) is 2.14. The van der Waals surface area contributed by atoms with Crippen LogP contribution >= 0.6 is 11.6 Å². The molecule has 1 aromatic heterocycles. The van der Waals surface area contributed by atoms with Gasteiger partial charge in [0, 0.05) is 30.5 Å². The highest BCUT2D eigenvalue weighted by Gasteiger charge is 2.16. The molecule has 0 radical (unpaired) electrons. The van der Waals surface area contributed by atoms with Crippen molar-refractivity contribution in [3.05, 3.63) is 58.6 Å². The third-order valence-corrected chi connectivity index (χ3v) is 3.76. The van der Waals surface area contributed by atoms with E-state index in [1.807, 2.05) is 13.8 Å². The van der Waals surface area contributed by atoms with Crippen molar-refractivity contribution < 1.29 is 14.0 Å². The molecule has 0 fully saturated rings. The molecule has 24 heavy (non-hydrogen) atoms. The number of rotatable bonds is 5. The fourth-order valence-corrected chi connectivity index (χ4v) is 2.32. The number of halogens is 2. The van der Waals surface area contributed by atoms with Crippen molar-refractivity contribution in [2.24, 2.45) is 0 Å². The van der Waals surface area contributed by atoms with Gasteiger partial charge in [0.2, 0.25) is 0 Å². The van der Waals surface area contributed by atoms with Crippen molar-refractivity contribution in [3.63, 3.8) is 0 Å². The first kappa shape index (κ1) is 17.9. The summed E-state index contributed by atoms with van der Waals surface area (Å²) in [5.41, 5.74) is 0.837. The van der Waals surface area contributed by atoms with Gasteiger partial charge >= 0.3 is 0 Å². The van der Waals surface area contributed by atoms with Crippen molar-refractivity contribution in [2.75, 3.05) is 18.4 Å². The van der Waals surface area contributed by atoms with Gasteiger partial charge in [-0.25, -0.2) is 4.39 Å². The lowest BCUT2D eigenvalue weighted by Gasteiger charge is -2.18. The lowest BCUT2D eigenvalue weighted by Crippen LogP contribution is -2.31. The minimum atomic E-state index is -0.564. The first-order chi connectivity index (χ1) is 11.5. The molecule has 2 amide bonds. The molecule has 7 heteroatoms. The number of carbonyl (C=O) groups is 2. The summed E-state index contributed by atoms with van der Waals surface area (Å²) in [7, 11) is 0. The number of nitrogens with one attached hydrogen (secondary N) is 1. The van der Waals surface area contributed by atoms with Crippen LogP contribution in [0.4, 0.5) is 10.1 Å². The van der Waals surface area contributed by atoms with Crippen LogP contribution in [0.5, 0.6) is 0 Å². The second-order valence-electron chi connectivity index (χ2n) is 4.99. The number of hydrogen-bond donors (Lipinski definition) is 1. The van der Waals surface area contributed by atoms with Gasteiger partial charge in [0.05, 0.1) is 5.02 Å². The standard InChI is InChI=1S/C17H17ClFN3O2/c1-3-22(4-2)17(24)15-9-11(7-8-20-15)16(23)21-12-5-6-14(19)13(18)10-12/h5-10H,3-4H2,1-2H3,(H,21,23). The SMILES string of the molecule is CCN(CC)C(=O)c1cc(C(=O)Nc2ccc(F)c(Cl)c2)ccn1. The molecule has 0 saturated heterocycles. The Balaban J connectivity index is 2.19. The molecular weight excluding hydrogens is 333 g/mol. The molecule has 1 heterocycles. The molecule has 1 N–H and O–H groups in total. The van der Waals surface area contributed by atoms with Gasteiger partial charge in [-0.1, -0.05) is 11.6 Å². The van der Waals surface area contributed by atoms with Crippen LogP contribution in [0.15, 0.2) is 36.5 Å². The van der Waals surface area contributed by atoms with Gasteiger partial charge in [-0.15, -0.1) is 0 Å². The fraction of sp³-hybridized carbons (Fsp3) is 0.235. The van der Waals surface area contributed by atoms with E-state index in [2.05, 4.69) is 10.3 Å². The van der Waals surface area contributed by atoms with E-state index < -0.39 is 11.7 Å². The van der Waals surface area contributed by atoms with E-state index >= 15 is 0 Å². The molecule has 126 valence electrons. The van der Waals surface area contributed by atoms with Gasteiger partial charge in [0.15, 0.2) is 0 Å². The Morgan fingerprint density at radius 1 is 1.21 bits per heavy atom. The van der Waals surface area contributed by atoms with Crippen LogP contribution in [0.3, 0.4) is 0 Å². The van der Waals surface area contributed by atoms with E-state index in [1.54, 1.807) is 4.90 Å². The lowest BCUT2D eigenvalue weighted by atomic mass is 10.2. The molecule has 1 aromatic carbocycles. The van der Waals surface area contributed by atoms with E-state index in [-0.39, 0.29) is 22.2 Å². The van der Waals surface area contributed by atoms with Gasteiger partial charge in [0.1, 0.15) is 11.5 Å². The van der Waals surface area contributed by atoms with Crippen LogP contribution in [-0.2, 0) is 0 Å². The first-order valence-corrected chi connectivity index (χ1v) is 7.85. The van der Waals surface area contributed by atoms with E-state index in [0.717, 1.165) is 0 Å². The monoisotopic (exact) mass is 349 g/mol. The van der Waals surface area contributed by atoms with Gasteiger partial charge < -0.3 is 10.2 Å². The number of hydrogen-bond acceptors (Lipinski definition) is 3. The smallest absolute Gasteiger partial charge is 0.272 e. The third kappa shape index (κ3) is 4.08. The molecule has 0 aliphatic rings. The minimum Gasteiger partial charge on any atom is -0.338 e. The highest BCUT2D eigenvalue weighted by molar-refractivity contribution is 6.31. The number of nitrogens with zero attached hydrogens (tertiary/aromatic N) is 2. The average molecular weight is 350 g/mol. The molecular formula is C17H17ClFN3O2. The van der Waals surface area contributed by atoms with Crippen LogP contribution in [0.1, 0.15) is 34.7 Å². The molecule has 0 unspecified atom stereocenters. The second-order valence-corrected chi connectivity index (χ2v) is 5.40. The Morgan fingerprint density at radius 3 is 2.54 bits per heavy atom. The van der Waals surface area contributed by atoms with Crippen LogP contribution < -0.4 is 5.32 Å². The van der Waals surface area contributed by atoms with Gasteiger partial charge in [-0.3, -0.25) is 14.6 Å². The summed E-state index contributed by atoms with van der Waals surface area (Å²) in [5, 5.41) is 2.52. The highest BCUT2D eigenvalue weighted by atomic mass is 35.5. The summed E-state index contributed by atoms with van der Waals surface area (Å²) in [6.45, 7) is 4.86. The largest absolute Gasteiger partial charge is 0.338 e. The maximum absolute atomic E-state index is 13.1. The topological polar surface area (TPSA) is 62.3 Å². The summed E-state index contributed by atoms with van der Waals surface area (Å²) in [4.78, 5) is 30.2. The number of amides is 2. The summed E-state index contributed by atoms with van der Waals surface area (Å²) >= 11 is 5.69. The molecule has 0 bridgehead atoms. The summed E-state index contributed by atoms with van der Waals surface area (Å²) in [6, 6.07) is 6.82. The Labute approximate surface area is 144 Å².